The van der Waals surface area contributed by atoms with E-state index in [4.69, 9.17) is 0 Å². The highest BCUT2D eigenvalue weighted by molar-refractivity contribution is 6.45. The third kappa shape index (κ3) is 4.92. The Labute approximate surface area is 230 Å². The molecule has 2 N–H and O–H groups in total. The Kier molecular flexibility index (Phi) is 7.31. The lowest BCUT2D eigenvalue weighted by Gasteiger charge is -2.34. The third-order valence-corrected chi connectivity index (χ3v) is 6.99. The fraction of sp³-hybridized carbons (Fsp3) is 0.172. The van der Waals surface area contributed by atoms with Gasteiger partial charge in [-0.3, -0.25) is 19.2 Å². The van der Waals surface area contributed by atoms with Gasteiger partial charge in [0.15, 0.2) is 23.3 Å². The van der Waals surface area contributed by atoms with Crippen LogP contribution in [0.25, 0.3) is 10.9 Å². The van der Waals surface area contributed by atoms with Gasteiger partial charge < -0.3 is 20.1 Å². The van der Waals surface area contributed by atoms with E-state index in [1.54, 1.807) is 35.2 Å². The molecule has 5 rings (SSSR count). The first-order valence-electron chi connectivity index (χ1n) is 12.5. The fourth-order valence-corrected chi connectivity index (χ4v) is 4.71. The van der Waals surface area contributed by atoms with Gasteiger partial charge in [-0.1, -0.05) is 30.3 Å². The molecule has 0 aliphatic carbocycles. The molecule has 12 heteroatoms. The molecule has 1 saturated heterocycles. The number of ketones is 1. The molecule has 3 amide bonds. The molecule has 2 heterocycles. The van der Waals surface area contributed by atoms with E-state index >= 15 is 0 Å². The monoisotopic (exact) mass is 566 g/mol. The number of amides is 3. The van der Waals surface area contributed by atoms with Crippen LogP contribution in [0.5, 0.6) is 0 Å². The SMILES string of the molecule is Cc1c(F)c(F)c(C(=O)Nc2cccc3c(C(=O)C(=O)N4CCN(C(=O)c5ccccc5)CC4)c[nH]c23)c(F)c1F. The smallest absolute Gasteiger partial charge is 0.295 e. The van der Waals surface area contributed by atoms with E-state index in [0.717, 1.165) is 6.92 Å². The summed E-state index contributed by atoms with van der Waals surface area (Å²) in [6.07, 6.45) is 1.25. The fourth-order valence-electron chi connectivity index (χ4n) is 4.71. The number of para-hydroxylation sites is 1. The third-order valence-electron chi connectivity index (χ3n) is 6.99. The number of Topliss-reactive ketones (excluding diaryl/α,β-unsaturated/α-hetero) is 1. The Morgan fingerprint density at radius 2 is 1.39 bits per heavy atom. The van der Waals surface area contributed by atoms with Crippen molar-refractivity contribution in [1.29, 1.82) is 0 Å². The molecule has 3 aromatic carbocycles. The van der Waals surface area contributed by atoms with Gasteiger partial charge in [0.05, 0.1) is 16.8 Å². The Morgan fingerprint density at radius 3 is 2.02 bits per heavy atom. The van der Waals surface area contributed by atoms with Gasteiger partial charge in [0.2, 0.25) is 0 Å². The molecule has 1 aliphatic heterocycles. The van der Waals surface area contributed by atoms with Crippen molar-refractivity contribution in [2.45, 2.75) is 6.92 Å². The molecular weight excluding hydrogens is 544 g/mol. The van der Waals surface area contributed by atoms with Crippen molar-refractivity contribution in [1.82, 2.24) is 14.8 Å². The van der Waals surface area contributed by atoms with Gasteiger partial charge in [-0.2, -0.15) is 0 Å². The molecule has 4 aromatic rings. The van der Waals surface area contributed by atoms with Crippen LogP contribution in [0.1, 0.15) is 36.6 Å². The molecular formula is C29H22F4N4O4. The Morgan fingerprint density at radius 1 is 0.780 bits per heavy atom. The minimum absolute atomic E-state index is 0.0197. The van der Waals surface area contributed by atoms with Gasteiger partial charge in [-0.15, -0.1) is 0 Å². The van der Waals surface area contributed by atoms with Gasteiger partial charge >= 0.3 is 0 Å². The van der Waals surface area contributed by atoms with E-state index in [-0.39, 0.29) is 54.2 Å². The molecule has 210 valence electrons. The van der Waals surface area contributed by atoms with Crippen LogP contribution >= 0.6 is 0 Å². The molecule has 0 spiro atoms. The summed E-state index contributed by atoms with van der Waals surface area (Å²) in [6, 6.07) is 12.9. The first-order chi connectivity index (χ1) is 19.6. The van der Waals surface area contributed by atoms with Crippen molar-refractivity contribution < 1.29 is 36.7 Å². The van der Waals surface area contributed by atoms with E-state index < -0.39 is 52.0 Å². The van der Waals surface area contributed by atoms with Crippen LogP contribution in [-0.4, -0.2) is 64.5 Å². The van der Waals surface area contributed by atoms with E-state index in [0.29, 0.717) is 5.56 Å². The van der Waals surface area contributed by atoms with Crippen LogP contribution in [0.3, 0.4) is 0 Å². The number of halogens is 4. The number of piperazine rings is 1. The Bertz CT molecular complexity index is 1680. The van der Waals surface area contributed by atoms with Crippen molar-refractivity contribution >= 4 is 40.1 Å². The summed E-state index contributed by atoms with van der Waals surface area (Å²) in [7, 11) is 0. The molecule has 0 radical (unpaired) electrons. The molecule has 0 saturated carbocycles. The van der Waals surface area contributed by atoms with Crippen LogP contribution in [-0.2, 0) is 4.79 Å². The average Bonchev–Trinajstić information content (AvgIpc) is 3.44. The number of carbonyl (C=O) groups is 4. The summed E-state index contributed by atoms with van der Waals surface area (Å²) in [6.45, 7) is 1.61. The summed E-state index contributed by atoms with van der Waals surface area (Å²) >= 11 is 0. The number of nitrogens with one attached hydrogen (secondary N) is 2. The molecule has 1 aliphatic rings. The van der Waals surface area contributed by atoms with Crippen LogP contribution in [0.4, 0.5) is 23.2 Å². The maximum absolute atomic E-state index is 14.3. The number of fused-ring (bicyclic) bond motifs is 1. The molecule has 8 nitrogen and oxygen atoms in total. The minimum Gasteiger partial charge on any atom is -0.359 e. The number of carbonyl (C=O) groups excluding carboxylic acids is 4. The number of anilines is 1. The lowest BCUT2D eigenvalue weighted by atomic mass is 10.1. The Hall–Kier alpha value is -5.00. The number of hydrogen-bond acceptors (Lipinski definition) is 4. The summed E-state index contributed by atoms with van der Waals surface area (Å²) < 4.78 is 56.7. The van der Waals surface area contributed by atoms with Crippen molar-refractivity contribution in [3.8, 4) is 0 Å². The van der Waals surface area contributed by atoms with Crippen LogP contribution < -0.4 is 5.32 Å². The number of H-pyrrole nitrogens is 1. The maximum Gasteiger partial charge on any atom is 0.295 e. The van der Waals surface area contributed by atoms with Crippen LogP contribution in [0.15, 0.2) is 54.7 Å². The van der Waals surface area contributed by atoms with Gasteiger partial charge in [0, 0.05) is 48.9 Å². The highest BCUT2D eigenvalue weighted by Crippen LogP contribution is 2.29. The van der Waals surface area contributed by atoms with Crippen molar-refractivity contribution in [3.05, 3.63) is 100 Å². The van der Waals surface area contributed by atoms with Crippen molar-refractivity contribution in [3.63, 3.8) is 0 Å². The topological polar surface area (TPSA) is 103 Å². The number of nitrogens with zero attached hydrogens (tertiary/aromatic N) is 2. The average molecular weight is 567 g/mol. The van der Waals surface area contributed by atoms with E-state index in [1.807, 2.05) is 0 Å². The highest BCUT2D eigenvalue weighted by Gasteiger charge is 2.31. The van der Waals surface area contributed by atoms with E-state index in [2.05, 4.69) is 10.3 Å². The summed E-state index contributed by atoms with van der Waals surface area (Å²) in [5.74, 6) is -10.3. The van der Waals surface area contributed by atoms with E-state index in [9.17, 15) is 36.7 Å². The maximum atomic E-state index is 14.3. The second kappa shape index (κ2) is 10.9. The number of hydrogen-bond donors (Lipinski definition) is 2. The second-order valence-corrected chi connectivity index (χ2v) is 9.42. The lowest BCUT2D eigenvalue weighted by Crippen LogP contribution is -2.52. The first kappa shape index (κ1) is 27.6. The zero-order valence-corrected chi connectivity index (χ0v) is 21.6. The predicted octanol–water partition coefficient (Wildman–Crippen LogP) is 4.45. The minimum atomic E-state index is -1.84. The predicted molar refractivity (Wildman–Crippen MR) is 141 cm³/mol. The van der Waals surface area contributed by atoms with Gasteiger partial charge in [0.25, 0.3) is 23.5 Å². The molecule has 0 atom stereocenters. The quantitative estimate of drug-likeness (QED) is 0.161. The Balaban J connectivity index is 1.32. The summed E-state index contributed by atoms with van der Waals surface area (Å²) in [4.78, 5) is 57.2. The molecule has 0 unspecified atom stereocenters. The lowest BCUT2D eigenvalue weighted by molar-refractivity contribution is -0.127. The number of rotatable bonds is 5. The molecule has 0 bridgehead atoms. The zero-order valence-electron chi connectivity index (χ0n) is 21.6. The molecule has 1 fully saturated rings. The normalized spacial score (nSPS) is 13.4. The summed E-state index contributed by atoms with van der Waals surface area (Å²) in [5, 5.41) is 2.43. The highest BCUT2D eigenvalue weighted by atomic mass is 19.2. The summed E-state index contributed by atoms with van der Waals surface area (Å²) in [5.41, 5.74) is -1.75. The van der Waals surface area contributed by atoms with Crippen LogP contribution in [0.2, 0.25) is 0 Å². The molecule has 1 aromatic heterocycles. The standard InChI is InChI=1S/C29H22F4N4O4/c1-15-21(30)23(32)20(24(33)22(15)31)27(39)35-19-9-5-8-17-18(14-34-25(17)19)26(38)29(41)37-12-10-36(11-13-37)28(40)16-6-3-2-4-7-16/h2-9,14,34H,10-13H2,1H3,(H,35,39). The van der Waals surface area contributed by atoms with E-state index in [1.165, 1.54) is 29.3 Å². The molecule has 41 heavy (non-hydrogen) atoms. The van der Waals surface area contributed by atoms with Gasteiger partial charge in [0.1, 0.15) is 5.56 Å². The largest absolute Gasteiger partial charge is 0.359 e. The zero-order chi connectivity index (χ0) is 29.4. The second-order valence-electron chi connectivity index (χ2n) is 9.42. The number of benzene rings is 3. The first-order valence-corrected chi connectivity index (χ1v) is 12.5. The van der Waals surface area contributed by atoms with Gasteiger partial charge in [-0.25, -0.2) is 17.6 Å². The van der Waals surface area contributed by atoms with Gasteiger partial charge in [-0.05, 0) is 25.1 Å². The van der Waals surface area contributed by atoms with Crippen molar-refractivity contribution in [2.24, 2.45) is 0 Å². The number of aromatic amines is 1. The van der Waals surface area contributed by atoms with Crippen LogP contribution in [0, 0.1) is 30.2 Å². The van der Waals surface area contributed by atoms with Crippen molar-refractivity contribution in [2.75, 3.05) is 31.5 Å². The number of aromatic nitrogens is 1.